The average molecular weight is 332 g/mol. The van der Waals surface area contributed by atoms with Crippen LogP contribution >= 0.6 is 11.6 Å². The molecule has 2 rings (SSSR count). The highest BCUT2D eigenvalue weighted by Crippen LogP contribution is 2.26. The number of amides is 1. The zero-order chi connectivity index (χ0) is 15.5. The molecule has 116 valence electrons. The number of halogens is 1. The molecule has 1 atom stereocenters. The summed E-state index contributed by atoms with van der Waals surface area (Å²) in [6, 6.07) is 4.68. The van der Waals surface area contributed by atoms with Crippen molar-refractivity contribution < 1.29 is 13.2 Å². The number of nitrogens with one attached hydrogen (secondary N) is 3. The summed E-state index contributed by atoms with van der Waals surface area (Å²) in [5.41, 5.74) is 0.839. The van der Waals surface area contributed by atoms with Gasteiger partial charge in [-0.1, -0.05) is 11.6 Å². The summed E-state index contributed by atoms with van der Waals surface area (Å²) in [4.78, 5) is 12.1. The van der Waals surface area contributed by atoms with E-state index in [1.165, 1.54) is 12.1 Å². The molecule has 1 aliphatic heterocycles. The van der Waals surface area contributed by atoms with Crippen molar-refractivity contribution in [2.24, 2.45) is 5.92 Å². The van der Waals surface area contributed by atoms with Crippen LogP contribution in [0.2, 0.25) is 5.02 Å². The number of carbonyl (C=O) groups excluding carboxylic acids is 1. The van der Waals surface area contributed by atoms with Crippen LogP contribution in [-0.2, 0) is 14.8 Å². The quantitative estimate of drug-likeness (QED) is 0.783. The van der Waals surface area contributed by atoms with Gasteiger partial charge in [0.25, 0.3) is 0 Å². The summed E-state index contributed by atoms with van der Waals surface area (Å²) in [7, 11) is -3.38. The monoisotopic (exact) mass is 331 g/mol. The highest BCUT2D eigenvalue weighted by molar-refractivity contribution is 7.92. The molecule has 1 aromatic rings. The van der Waals surface area contributed by atoms with Crippen LogP contribution in [0.25, 0.3) is 0 Å². The second-order valence-electron chi connectivity index (χ2n) is 5.10. The zero-order valence-corrected chi connectivity index (χ0v) is 13.2. The van der Waals surface area contributed by atoms with E-state index in [0.717, 1.165) is 25.6 Å². The van der Waals surface area contributed by atoms with Crippen molar-refractivity contribution in [3.63, 3.8) is 0 Å². The van der Waals surface area contributed by atoms with E-state index in [1.807, 2.05) is 0 Å². The highest BCUT2D eigenvalue weighted by atomic mass is 35.5. The van der Waals surface area contributed by atoms with Crippen molar-refractivity contribution in [3.8, 4) is 0 Å². The number of piperidine rings is 1. The van der Waals surface area contributed by atoms with Gasteiger partial charge in [0.05, 0.1) is 22.9 Å². The first-order valence-electron chi connectivity index (χ1n) is 6.64. The number of benzene rings is 1. The van der Waals surface area contributed by atoms with E-state index in [2.05, 4.69) is 15.4 Å². The first-order valence-corrected chi connectivity index (χ1v) is 8.91. The average Bonchev–Trinajstić information content (AvgIpc) is 2.41. The fourth-order valence-electron chi connectivity index (χ4n) is 2.20. The summed E-state index contributed by atoms with van der Waals surface area (Å²) in [5.74, 6) is -0.103. The van der Waals surface area contributed by atoms with Gasteiger partial charge in [-0.05, 0) is 37.6 Å². The van der Waals surface area contributed by atoms with Crippen LogP contribution in [-0.4, -0.2) is 33.7 Å². The lowest BCUT2D eigenvalue weighted by Crippen LogP contribution is -2.37. The van der Waals surface area contributed by atoms with Gasteiger partial charge in [-0.3, -0.25) is 9.52 Å². The molecule has 0 bridgehead atoms. The van der Waals surface area contributed by atoms with Gasteiger partial charge in [-0.25, -0.2) is 8.42 Å². The molecule has 0 saturated carbocycles. The summed E-state index contributed by atoms with van der Waals surface area (Å²) < 4.78 is 24.7. The molecule has 1 heterocycles. The standard InChI is InChI=1S/C13H18ClN3O3S/c1-21(19,20)17-12-5-4-10(7-11(12)14)16-13(18)9-3-2-6-15-8-9/h4-5,7,9,15,17H,2-3,6,8H2,1H3,(H,16,18)/t9-/m1/s1. The number of hydrogen-bond acceptors (Lipinski definition) is 4. The number of carbonyl (C=O) groups is 1. The van der Waals surface area contributed by atoms with Crippen LogP contribution < -0.4 is 15.4 Å². The van der Waals surface area contributed by atoms with Crippen LogP contribution in [0.5, 0.6) is 0 Å². The van der Waals surface area contributed by atoms with Crippen LogP contribution in [0.15, 0.2) is 18.2 Å². The van der Waals surface area contributed by atoms with Gasteiger partial charge in [-0.2, -0.15) is 0 Å². The second-order valence-corrected chi connectivity index (χ2v) is 7.26. The number of sulfonamides is 1. The maximum atomic E-state index is 12.1. The Morgan fingerprint density at radius 3 is 2.76 bits per heavy atom. The molecule has 0 aliphatic carbocycles. The largest absolute Gasteiger partial charge is 0.326 e. The molecule has 21 heavy (non-hydrogen) atoms. The Balaban J connectivity index is 2.04. The van der Waals surface area contributed by atoms with E-state index in [9.17, 15) is 13.2 Å². The van der Waals surface area contributed by atoms with Crippen molar-refractivity contribution in [2.45, 2.75) is 12.8 Å². The molecule has 1 saturated heterocycles. The molecule has 1 fully saturated rings. The Bertz CT molecular complexity index is 628. The molecule has 1 aromatic carbocycles. The fraction of sp³-hybridized carbons (Fsp3) is 0.462. The van der Waals surface area contributed by atoms with Crippen molar-refractivity contribution in [1.29, 1.82) is 0 Å². The third-order valence-electron chi connectivity index (χ3n) is 3.20. The number of rotatable bonds is 4. The van der Waals surface area contributed by atoms with Crippen molar-refractivity contribution in [3.05, 3.63) is 23.2 Å². The lowest BCUT2D eigenvalue weighted by Gasteiger charge is -2.22. The SMILES string of the molecule is CS(=O)(=O)Nc1ccc(NC(=O)[C@@H]2CCCNC2)cc1Cl. The van der Waals surface area contributed by atoms with Crippen molar-refractivity contribution >= 4 is 38.9 Å². The Morgan fingerprint density at radius 1 is 1.43 bits per heavy atom. The summed E-state index contributed by atoms with van der Waals surface area (Å²) in [6.45, 7) is 1.62. The third-order valence-corrected chi connectivity index (χ3v) is 4.10. The van der Waals surface area contributed by atoms with Gasteiger partial charge >= 0.3 is 0 Å². The molecule has 0 radical (unpaired) electrons. The van der Waals surface area contributed by atoms with E-state index < -0.39 is 10.0 Å². The number of anilines is 2. The first-order chi connectivity index (χ1) is 9.85. The molecule has 1 amide bonds. The van der Waals surface area contributed by atoms with E-state index in [0.29, 0.717) is 12.2 Å². The fourth-order valence-corrected chi connectivity index (χ4v) is 3.06. The zero-order valence-electron chi connectivity index (χ0n) is 11.6. The van der Waals surface area contributed by atoms with Gasteiger partial charge < -0.3 is 10.6 Å². The summed E-state index contributed by atoms with van der Waals surface area (Å²) in [6.07, 6.45) is 2.89. The van der Waals surface area contributed by atoms with Crippen LogP contribution in [0.1, 0.15) is 12.8 Å². The van der Waals surface area contributed by atoms with E-state index in [1.54, 1.807) is 6.07 Å². The van der Waals surface area contributed by atoms with Gasteiger partial charge in [0.15, 0.2) is 0 Å². The summed E-state index contributed by atoms with van der Waals surface area (Å²) >= 11 is 6.01. The normalized spacial score (nSPS) is 19.0. The van der Waals surface area contributed by atoms with Gasteiger partial charge in [0, 0.05) is 12.2 Å². The van der Waals surface area contributed by atoms with Gasteiger partial charge in [0.1, 0.15) is 0 Å². The van der Waals surface area contributed by atoms with E-state index in [-0.39, 0.29) is 22.5 Å². The summed E-state index contributed by atoms with van der Waals surface area (Å²) in [5, 5.41) is 6.22. The van der Waals surface area contributed by atoms with Crippen LogP contribution in [0.3, 0.4) is 0 Å². The molecule has 0 aromatic heterocycles. The Morgan fingerprint density at radius 2 is 2.19 bits per heavy atom. The Hall–Kier alpha value is -1.31. The number of hydrogen-bond donors (Lipinski definition) is 3. The maximum absolute atomic E-state index is 12.1. The molecule has 0 unspecified atom stereocenters. The van der Waals surface area contributed by atoms with Gasteiger partial charge in [0.2, 0.25) is 15.9 Å². The third kappa shape index (κ3) is 4.87. The van der Waals surface area contributed by atoms with Crippen LogP contribution in [0.4, 0.5) is 11.4 Å². The maximum Gasteiger partial charge on any atom is 0.229 e. The predicted octanol–water partition coefficient (Wildman–Crippen LogP) is 1.65. The smallest absolute Gasteiger partial charge is 0.229 e. The Kier molecular flexibility index (Phi) is 5.08. The van der Waals surface area contributed by atoms with Crippen molar-refractivity contribution in [2.75, 3.05) is 29.4 Å². The lowest BCUT2D eigenvalue weighted by molar-refractivity contribution is -0.120. The predicted molar refractivity (Wildman–Crippen MR) is 84.1 cm³/mol. The minimum absolute atomic E-state index is 0.0497. The van der Waals surface area contributed by atoms with E-state index in [4.69, 9.17) is 11.6 Å². The molecule has 3 N–H and O–H groups in total. The van der Waals surface area contributed by atoms with E-state index >= 15 is 0 Å². The van der Waals surface area contributed by atoms with Crippen LogP contribution in [0, 0.1) is 5.92 Å². The second kappa shape index (κ2) is 6.64. The first kappa shape index (κ1) is 16.1. The molecule has 1 aliphatic rings. The van der Waals surface area contributed by atoms with Gasteiger partial charge in [-0.15, -0.1) is 0 Å². The topological polar surface area (TPSA) is 87.3 Å². The minimum atomic E-state index is -3.38. The minimum Gasteiger partial charge on any atom is -0.326 e. The highest BCUT2D eigenvalue weighted by Gasteiger charge is 2.21. The molecular weight excluding hydrogens is 314 g/mol. The Labute approximate surface area is 129 Å². The van der Waals surface area contributed by atoms with Crippen molar-refractivity contribution in [1.82, 2.24) is 5.32 Å². The molecule has 0 spiro atoms. The molecular formula is C13H18ClN3O3S. The molecule has 8 heteroatoms. The lowest BCUT2D eigenvalue weighted by atomic mass is 9.99. The molecule has 6 nitrogen and oxygen atoms in total.